The molecule has 1 N–H and O–H groups in total. The second kappa shape index (κ2) is 1.03. The Kier molecular flexibility index (Phi) is 0.451. The second-order valence-corrected chi connectivity index (χ2v) is 2.80. The fourth-order valence-electron chi connectivity index (χ4n) is 1.32. The highest BCUT2D eigenvalue weighted by Gasteiger charge is 2.41. The molecular formula is C6H11N. The summed E-state index contributed by atoms with van der Waals surface area (Å²) in [4.78, 5) is 0. The maximum atomic E-state index is 7.28. The van der Waals surface area contributed by atoms with Crippen LogP contribution >= 0.6 is 0 Å². The molecule has 0 aromatic carbocycles. The van der Waals surface area contributed by atoms with Crippen LogP contribution in [-0.4, -0.2) is 13.1 Å². The van der Waals surface area contributed by atoms with Gasteiger partial charge in [-0.1, -0.05) is 6.40 Å². The largest absolute Gasteiger partial charge is 0.316 e. The SMILES string of the molecule is [2H]C1CC2(CNC2)C1. The van der Waals surface area contributed by atoms with E-state index in [-0.39, 0.29) is 6.40 Å². The summed E-state index contributed by atoms with van der Waals surface area (Å²) in [5.41, 5.74) is 0.617. The minimum Gasteiger partial charge on any atom is -0.316 e. The molecule has 2 aliphatic rings. The van der Waals surface area contributed by atoms with Gasteiger partial charge < -0.3 is 5.32 Å². The molecule has 0 bridgehead atoms. The third-order valence-corrected chi connectivity index (χ3v) is 2.15. The Labute approximate surface area is 45.5 Å². The van der Waals surface area contributed by atoms with Gasteiger partial charge in [-0.2, -0.15) is 0 Å². The zero-order chi connectivity index (χ0) is 5.61. The first-order valence-corrected chi connectivity index (χ1v) is 2.94. The molecular weight excluding hydrogens is 86.1 g/mol. The number of hydrogen-bond acceptors (Lipinski definition) is 1. The maximum Gasteiger partial charge on any atom is 0.0267 e. The minimum absolute atomic E-state index is 0.275. The molecule has 0 unspecified atom stereocenters. The summed E-state index contributed by atoms with van der Waals surface area (Å²) in [5.74, 6) is 0. The van der Waals surface area contributed by atoms with Crippen molar-refractivity contribution in [1.29, 1.82) is 0 Å². The van der Waals surface area contributed by atoms with Gasteiger partial charge in [0, 0.05) is 14.5 Å². The van der Waals surface area contributed by atoms with Crippen molar-refractivity contribution in [2.24, 2.45) is 5.41 Å². The zero-order valence-electron chi connectivity index (χ0n) is 5.41. The lowest BCUT2D eigenvalue weighted by Gasteiger charge is -2.49. The quantitative estimate of drug-likeness (QED) is 0.471. The van der Waals surface area contributed by atoms with Gasteiger partial charge in [-0.3, -0.25) is 0 Å². The van der Waals surface area contributed by atoms with Crippen LogP contribution in [0.3, 0.4) is 0 Å². The molecule has 0 radical (unpaired) electrons. The average molecular weight is 98.2 g/mol. The molecule has 1 nitrogen and oxygen atoms in total. The predicted octanol–water partition coefficient (Wildman–Crippen LogP) is 0.760. The standard InChI is InChI=1S/C6H11N/c1-2-6(3-1)4-7-5-6/h7H,1-5H2/i1D. The fourth-order valence-corrected chi connectivity index (χ4v) is 1.32. The van der Waals surface area contributed by atoms with Crippen molar-refractivity contribution >= 4 is 0 Å². The molecule has 40 valence electrons. The fraction of sp³-hybridized carbons (Fsp3) is 1.00. The first-order chi connectivity index (χ1) is 3.81. The van der Waals surface area contributed by atoms with Crippen molar-refractivity contribution in [2.75, 3.05) is 13.1 Å². The zero-order valence-corrected chi connectivity index (χ0v) is 4.41. The van der Waals surface area contributed by atoms with Gasteiger partial charge in [-0.15, -0.1) is 0 Å². The summed E-state index contributed by atoms with van der Waals surface area (Å²) in [6.45, 7) is 2.37. The van der Waals surface area contributed by atoms with Gasteiger partial charge in [0.2, 0.25) is 0 Å². The number of rotatable bonds is 0. The summed E-state index contributed by atoms with van der Waals surface area (Å²) in [7, 11) is 0. The van der Waals surface area contributed by atoms with Crippen molar-refractivity contribution in [1.82, 2.24) is 5.32 Å². The second-order valence-electron chi connectivity index (χ2n) is 2.80. The van der Waals surface area contributed by atoms with E-state index in [4.69, 9.17) is 1.37 Å². The van der Waals surface area contributed by atoms with E-state index in [1.807, 2.05) is 0 Å². The van der Waals surface area contributed by atoms with Gasteiger partial charge in [0.25, 0.3) is 0 Å². The smallest absolute Gasteiger partial charge is 0.0267 e. The molecule has 1 spiro atoms. The van der Waals surface area contributed by atoms with Crippen LogP contribution in [0.25, 0.3) is 0 Å². The first-order valence-electron chi connectivity index (χ1n) is 3.52. The Bertz CT molecular complexity index is 101. The Morgan fingerprint density at radius 3 is 2.29 bits per heavy atom. The Hall–Kier alpha value is -0.0400. The van der Waals surface area contributed by atoms with E-state index in [1.54, 1.807) is 0 Å². The lowest BCUT2D eigenvalue weighted by molar-refractivity contribution is 0.0603. The molecule has 2 rings (SSSR count). The van der Waals surface area contributed by atoms with E-state index in [0.717, 1.165) is 12.8 Å². The monoisotopic (exact) mass is 98.1 g/mol. The molecule has 1 aliphatic carbocycles. The summed E-state index contributed by atoms with van der Waals surface area (Å²) in [5, 5.41) is 3.24. The normalized spacial score (nSPS) is 39.1. The van der Waals surface area contributed by atoms with E-state index in [9.17, 15) is 0 Å². The van der Waals surface area contributed by atoms with Gasteiger partial charge in [-0.25, -0.2) is 0 Å². The average Bonchev–Trinajstić information content (AvgIpc) is 1.51. The van der Waals surface area contributed by atoms with Crippen molar-refractivity contribution in [2.45, 2.75) is 19.2 Å². The highest BCUT2D eigenvalue weighted by Crippen LogP contribution is 2.43. The van der Waals surface area contributed by atoms with Gasteiger partial charge >= 0.3 is 0 Å². The van der Waals surface area contributed by atoms with Crippen molar-refractivity contribution < 1.29 is 1.37 Å². The Morgan fingerprint density at radius 1 is 1.43 bits per heavy atom. The van der Waals surface area contributed by atoms with E-state index >= 15 is 0 Å². The van der Waals surface area contributed by atoms with Crippen LogP contribution in [0.15, 0.2) is 0 Å². The molecule has 2 fully saturated rings. The van der Waals surface area contributed by atoms with Crippen LogP contribution in [0, 0.1) is 5.41 Å². The molecule has 1 aliphatic heterocycles. The van der Waals surface area contributed by atoms with Crippen LogP contribution in [-0.2, 0) is 0 Å². The minimum atomic E-state index is 0.275. The third-order valence-electron chi connectivity index (χ3n) is 2.15. The van der Waals surface area contributed by atoms with Crippen LogP contribution in [0.4, 0.5) is 0 Å². The van der Waals surface area contributed by atoms with Crippen LogP contribution in [0.5, 0.6) is 0 Å². The number of nitrogens with one attached hydrogen (secondary N) is 1. The van der Waals surface area contributed by atoms with Crippen molar-refractivity contribution in [3.8, 4) is 0 Å². The van der Waals surface area contributed by atoms with E-state index in [1.165, 1.54) is 13.1 Å². The third kappa shape index (κ3) is 0.367. The van der Waals surface area contributed by atoms with Crippen LogP contribution in [0.2, 0.25) is 0 Å². The molecule has 0 atom stereocenters. The maximum absolute atomic E-state index is 7.28. The molecule has 0 aromatic rings. The van der Waals surface area contributed by atoms with Gasteiger partial charge in [-0.05, 0) is 18.3 Å². The van der Waals surface area contributed by atoms with Gasteiger partial charge in [0.15, 0.2) is 0 Å². The van der Waals surface area contributed by atoms with Crippen molar-refractivity contribution in [3.63, 3.8) is 0 Å². The lowest BCUT2D eigenvalue weighted by Crippen LogP contribution is -2.57. The van der Waals surface area contributed by atoms with Gasteiger partial charge in [0.1, 0.15) is 0 Å². The summed E-state index contributed by atoms with van der Waals surface area (Å²) >= 11 is 0. The van der Waals surface area contributed by atoms with Crippen molar-refractivity contribution in [3.05, 3.63) is 0 Å². The summed E-state index contributed by atoms with van der Waals surface area (Å²) < 4.78 is 7.28. The summed E-state index contributed by atoms with van der Waals surface area (Å²) in [6, 6.07) is 0. The Balaban J connectivity index is 1.92. The van der Waals surface area contributed by atoms with Crippen LogP contribution in [0.1, 0.15) is 20.6 Å². The molecule has 1 heteroatoms. The highest BCUT2D eigenvalue weighted by molar-refractivity contribution is 4.97. The van der Waals surface area contributed by atoms with Gasteiger partial charge in [0.05, 0.1) is 0 Å². The molecule has 1 saturated carbocycles. The molecule has 1 heterocycles. The molecule has 0 aromatic heterocycles. The van der Waals surface area contributed by atoms with E-state index in [0.29, 0.717) is 5.41 Å². The highest BCUT2D eigenvalue weighted by atomic mass is 15.0. The molecule has 7 heavy (non-hydrogen) atoms. The topological polar surface area (TPSA) is 12.0 Å². The summed E-state index contributed by atoms with van der Waals surface area (Å²) in [6.07, 6.45) is 2.58. The molecule has 1 saturated heterocycles. The predicted molar refractivity (Wildman–Crippen MR) is 29.2 cm³/mol. The van der Waals surface area contributed by atoms with E-state index in [2.05, 4.69) is 5.32 Å². The van der Waals surface area contributed by atoms with Crippen LogP contribution < -0.4 is 5.32 Å². The Morgan fingerprint density at radius 2 is 2.14 bits per heavy atom. The molecule has 0 amide bonds. The lowest BCUT2D eigenvalue weighted by atomic mass is 9.65. The first kappa shape index (κ1) is 3.08. The number of hydrogen-bond donors (Lipinski definition) is 1. The van der Waals surface area contributed by atoms with E-state index < -0.39 is 0 Å².